The highest BCUT2D eigenvalue weighted by atomic mass is 32.2. The molecule has 0 radical (unpaired) electrons. The lowest BCUT2D eigenvalue weighted by Gasteiger charge is -2.33. The molecule has 6 nitrogen and oxygen atoms in total. The van der Waals surface area contributed by atoms with Crippen LogP contribution in [0.15, 0.2) is 24.3 Å². The molecule has 1 atom stereocenters. The average molecular weight is 339 g/mol. The van der Waals surface area contributed by atoms with E-state index in [4.69, 9.17) is 0 Å². The Morgan fingerprint density at radius 2 is 1.87 bits per heavy atom. The number of rotatable bonds is 5. The van der Waals surface area contributed by atoms with Crippen LogP contribution < -0.4 is 10.0 Å². The Hall–Kier alpha value is -1.60. The first-order valence-electron chi connectivity index (χ1n) is 7.95. The standard InChI is InChI=1S/C16H25N3O3S/c1-13-5-3-4-10-19(13)16(20)18-11-14-6-8-15(9-7-14)12-23(21,22)17-2/h6-9,13,17H,3-5,10-12H2,1-2H3,(H,18,20). The number of hydrogen-bond donors (Lipinski definition) is 2. The molecule has 2 N–H and O–H groups in total. The van der Waals surface area contributed by atoms with Gasteiger partial charge in [0.25, 0.3) is 0 Å². The topological polar surface area (TPSA) is 78.5 Å². The molecular weight excluding hydrogens is 314 g/mol. The van der Waals surface area contributed by atoms with Crippen molar-refractivity contribution in [2.45, 2.75) is 44.5 Å². The number of carbonyl (C=O) groups is 1. The molecular formula is C16H25N3O3S. The van der Waals surface area contributed by atoms with Crippen molar-refractivity contribution >= 4 is 16.1 Å². The Morgan fingerprint density at radius 1 is 1.22 bits per heavy atom. The van der Waals surface area contributed by atoms with Crippen LogP contribution in [0.1, 0.15) is 37.3 Å². The third kappa shape index (κ3) is 5.21. The summed E-state index contributed by atoms with van der Waals surface area (Å²) in [6, 6.07) is 7.51. The third-order valence-corrected chi connectivity index (χ3v) is 5.53. The molecule has 0 bridgehead atoms. The SMILES string of the molecule is CNS(=O)(=O)Cc1ccc(CNC(=O)N2CCCCC2C)cc1. The van der Waals surface area contributed by atoms with E-state index in [0.717, 1.165) is 30.5 Å². The van der Waals surface area contributed by atoms with E-state index >= 15 is 0 Å². The lowest BCUT2D eigenvalue weighted by atomic mass is 10.0. The van der Waals surface area contributed by atoms with E-state index in [1.807, 2.05) is 17.0 Å². The van der Waals surface area contributed by atoms with Crippen molar-refractivity contribution in [3.8, 4) is 0 Å². The number of nitrogens with zero attached hydrogens (tertiary/aromatic N) is 1. The molecule has 0 saturated carbocycles. The zero-order valence-corrected chi connectivity index (χ0v) is 14.5. The van der Waals surface area contributed by atoms with Crippen LogP contribution >= 0.6 is 0 Å². The minimum absolute atomic E-state index is 0.0287. The molecule has 1 saturated heterocycles. The fraction of sp³-hybridized carbons (Fsp3) is 0.562. The molecule has 128 valence electrons. The van der Waals surface area contributed by atoms with Crippen LogP contribution in [0.3, 0.4) is 0 Å². The maximum Gasteiger partial charge on any atom is 0.317 e. The van der Waals surface area contributed by atoms with Gasteiger partial charge in [0.15, 0.2) is 0 Å². The molecule has 1 heterocycles. The predicted octanol–water partition coefficient (Wildman–Crippen LogP) is 1.82. The van der Waals surface area contributed by atoms with Gasteiger partial charge < -0.3 is 10.2 Å². The van der Waals surface area contributed by atoms with Crippen molar-refractivity contribution in [2.24, 2.45) is 0 Å². The van der Waals surface area contributed by atoms with Crippen LogP contribution in [-0.2, 0) is 22.3 Å². The number of hydrogen-bond acceptors (Lipinski definition) is 3. The zero-order valence-electron chi connectivity index (χ0n) is 13.7. The predicted molar refractivity (Wildman–Crippen MR) is 90.4 cm³/mol. The van der Waals surface area contributed by atoms with Crippen LogP contribution in [0, 0.1) is 0 Å². The highest BCUT2D eigenvalue weighted by molar-refractivity contribution is 7.88. The van der Waals surface area contributed by atoms with Gasteiger partial charge in [-0.15, -0.1) is 0 Å². The van der Waals surface area contributed by atoms with Crippen molar-refractivity contribution in [2.75, 3.05) is 13.6 Å². The van der Waals surface area contributed by atoms with Gasteiger partial charge in [0.05, 0.1) is 5.75 Å². The molecule has 0 aliphatic carbocycles. The molecule has 2 rings (SSSR count). The van der Waals surface area contributed by atoms with E-state index in [-0.39, 0.29) is 17.8 Å². The normalized spacial score (nSPS) is 18.7. The van der Waals surface area contributed by atoms with Crippen molar-refractivity contribution < 1.29 is 13.2 Å². The summed E-state index contributed by atoms with van der Waals surface area (Å²) < 4.78 is 25.3. The van der Waals surface area contributed by atoms with Crippen molar-refractivity contribution in [3.63, 3.8) is 0 Å². The van der Waals surface area contributed by atoms with Crippen LogP contribution in [0.25, 0.3) is 0 Å². The number of nitrogens with one attached hydrogen (secondary N) is 2. The van der Waals surface area contributed by atoms with Gasteiger partial charge in [0, 0.05) is 19.1 Å². The Kier molecular flexibility index (Phi) is 6.01. The average Bonchev–Trinajstić information content (AvgIpc) is 2.54. The lowest BCUT2D eigenvalue weighted by molar-refractivity contribution is 0.158. The Bertz CT molecular complexity index is 628. The summed E-state index contributed by atoms with van der Waals surface area (Å²) >= 11 is 0. The molecule has 1 aliphatic rings. The molecule has 1 unspecified atom stereocenters. The maximum absolute atomic E-state index is 12.2. The fourth-order valence-electron chi connectivity index (χ4n) is 2.72. The molecule has 1 aliphatic heterocycles. The van der Waals surface area contributed by atoms with Gasteiger partial charge in [-0.1, -0.05) is 24.3 Å². The first-order chi connectivity index (χ1) is 10.9. The number of benzene rings is 1. The summed E-state index contributed by atoms with van der Waals surface area (Å²) in [6.45, 7) is 3.34. The summed E-state index contributed by atoms with van der Waals surface area (Å²) in [5.74, 6) is -0.0402. The van der Waals surface area contributed by atoms with Crippen molar-refractivity contribution in [1.29, 1.82) is 0 Å². The van der Waals surface area contributed by atoms with Crippen molar-refractivity contribution in [3.05, 3.63) is 35.4 Å². The van der Waals surface area contributed by atoms with E-state index in [1.54, 1.807) is 12.1 Å². The van der Waals surface area contributed by atoms with Crippen LogP contribution in [0.4, 0.5) is 4.79 Å². The number of likely N-dealkylation sites (tertiary alicyclic amines) is 1. The second kappa shape index (κ2) is 7.79. The van der Waals surface area contributed by atoms with Gasteiger partial charge in [-0.25, -0.2) is 17.9 Å². The largest absolute Gasteiger partial charge is 0.334 e. The Labute approximate surface area is 138 Å². The van der Waals surface area contributed by atoms with Gasteiger partial charge in [-0.05, 0) is 44.4 Å². The van der Waals surface area contributed by atoms with E-state index in [0.29, 0.717) is 6.54 Å². The number of urea groups is 1. The second-order valence-corrected chi connectivity index (χ2v) is 7.90. The Morgan fingerprint density at radius 3 is 2.48 bits per heavy atom. The van der Waals surface area contributed by atoms with Gasteiger partial charge in [-0.2, -0.15) is 0 Å². The molecule has 2 amide bonds. The van der Waals surface area contributed by atoms with E-state index in [1.165, 1.54) is 13.5 Å². The number of piperidine rings is 1. The van der Waals surface area contributed by atoms with Crippen LogP contribution in [-0.4, -0.2) is 39.0 Å². The number of carbonyl (C=O) groups excluding carboxylic acids is 1. The minimum Gasteiger partial charge on any atom is -0.334 e. The highest BCUT2D eigenvalue weighted by Crippen LogP contribution is 2.16. The smallest absolute Gasteiger partial charge is 0.317 e. The zero-order chi connectivity index (χ0) is 16.9. The van der Waals surface area contributed by atoms with E-state index in [9.17, 15) is 13.2 Å². The number of sulfonamides is 1. The van der Waals surface area contributed by atoms with Crippen molar-refractivity contribution in [1.82, 2.24) is 14.9 Å². The molecule has 0 aromatic heterocycles. The number of amides is 2. The molecule has 1 fully saturated rings. The first kappa shape index (κ1) is 17.7. The Balaban J connectivity index is 1.87. The summed E-state index contributed by atoms with van der Waals surface area (Å²) in [5, 5.41) is 2.93. The third-order valence-electron chi connectivity index (χ3n) is 4.20. The summed E-state index contributed by atoms with van der Waals surface area (Å²) in [6.07, 6.45) is 3.30. The molecule has 1 aromatic rings. The van der Waals surface area contributed by atoms with Gasteiger partial charge >= 0.3 is 6.03 Å². The van der Waals surface area contributed by atoms with Gasteiger partial charge in [-0.3, -0.25) is 0 Å². The summed E-state index contributed by atoms with van der Waals surface area (Å²) in [4.78, 5) is 14.1. The quantitative estimate of drug-likeness (QED) is 0.859. The van der Waals surface area contributed by atoms with E-state index < -0.39 is 10.0 Å². The summed E-state index contributed by atoms with van der Waals surface area (Å²) in [7, 11) is -1.85. The molecule has 1 aromatic carbocycles. The fourth-order valence-corrected chi connectivity index (χ4v) is 3.50. The molecule has 23 heavy (non-hydrogen) atoms. The van der Waals surface area contributed by atoms with E-state index in [2.05, 4.69) is 17.0 Å². The van der Waals surface area contributed by atoms with Gasteiger partial charge in [0.1, 0.15) is 0 Å². The highest BCUT2D eigenvalue weighted by Gasteiger charge is 2.22. The lowest BCUT2D eigenvalue weighted by Crippen LogP contribution is -2.47. The monoisotopic (exact) mass is 339 g/mol. The molecule has 7 heteroatoms. The van der Waals surface area contributed by atoms with Gasteiger partial charge in [0.2, 0.25) is 10.0 Å². The first-order valence-corrected chi connectivity index (χ1v) is 9.60. The molecule has 0 spiro atoms. The second-order valence-electron chi connectivity index (χ2n) is 5.98. The minimum atomic E-state index is -3.26. The van der Waals surface area contributed by atoms with Crippen LogP contribution in [0.5, 0.6) is 0 Å². The maximum atomic E-state index is 12.2. The van der Waals surface area contributed by atoms with Crippen LogP contribution in [0.2, 0.25) is 0 Å². The summed E-state index contributed by atoms with van der Waals surface area (Å²) in [5.41, 5.74) is 1.67.